The van der Waals surface area contributed by atoms with Crippen LogP contribution < -0.4 is 10.6 Å². The first-order chi connectivity index (χ1) is 16.8. The van der Waals surface area contributed by atoms with E-state index in [1.807, 2.05) is 31.2 Å². The van der Waals surface area contributed by atoms with Crippen molar-refractivity contribution in [2.75, 3.05) is 18.5 Å². The highest BCUT2D eigenvalue weighted by atomic mass is 16.5. The molecule has 180 valence electrons. The van der Waals surface area contributed by atoms with Crippen LogP contribution in [0, 0.1) is 5.92 Å². The van der Waals surface area contributed by atoms with E-state index < -0.39 is 17.8 Å². The zero-order valence-corrected chi connectivity index (χ0v) is 19.2. The van der Waals surface area contributed by atoms with Gasteiger partial charge in [-0.05, 0) is 40.3 Å². The molecule has 0 saturated carbocycles. The number of nitrogens with one attached hydrogen (secondary N) is 2. The van der Waals surface area contributed by atoms with Crippen molar-refractivity contribution < 1.29 is 29.3 Å². The Morgan fingerprint density at radius 3 is 2.20 bits per heavy atom. The van der Waals surface area contributed by atoms with Crippen molar-refractivity contribution in [1.29, 1.82) is 0 Å². The molecule has 3 aromatic rings. The van der Waals surface area contributed by atoms with Gasteiger partial charge in [0, 0.05) is 30.6 Å². The minimum absolute atomic E-state index is 0.0275. The van der Waals surface area contributed by atoms with Crippen LogP contribution >= 0.6 is 0 Å². The van der Waals surface area contributed by atoms with Gasteiger partial charge in [0.25, 0.3) is 0 Å². The number of amides is 2. The summed E-state index contributed by atoms with van der Waals surface area (Å²) in [4.78, 5) is 35.6. The lowest BCUT2D eigenvalue weighted by Gasteiger charge is -2.16. The number of aromatic hydroxyl groups is 1. The maximum atomic E-state index is 12.3. The maximum Gasteiger partial charge on any atom is 0.407 e. The summed E-state index contributed by atoms with van der Waals surface area (Å²) in [7, 11) is 0. The van der Waals surface area contributed by atoms with Crippen molar-refractivity contribution in [2.45, 2.75) is 19.3 Å². The van der Waals surface area contributed by atoms with Gasteiger partial charge in [-0.25, -0.2) is 9.59 Å². The molecular formula is C27H26N2O6. The van der Waals surface area contributed by atoms with Crippen molar-refractivity contribution in [3.05, 3.63) is 83.4 Å². The highest BCUT2D eigenvalue weighted by Gasteiger charge is 2.29. The molecule has 3 aromatic carbocycles. The summed E-state index contributed by atoms with van der Waals surface area (Å²) in [5.74, 6) is -2.22. The van der Waals surface area contributed by atoms with E-state index in [1.165, 1.54) is 18.2 Å². The van der Waals surface area contributed by atoms with Crippen LogP contribution in [0.5, 0.6) is 5.75 Å². The zero-order chi connectivity index (χ0) is 24.9. The van der Waals surface area contributed by atoms with Crippen LogP contribution in [-0.4, -0.2) is 41.3 Å². The van der Waals surface area contributed by atoms with E-state index in [-0.39, 0.29) is 48.6 Å². The molecular weight excluding hydrogens is 448 g/mol. The van der Waals surface area contributed by atoms with Crippen molar-refractivity contribution in [2.24, 2.45) is 5.92 Å². The van der Waals surface area contributed by atoms with Gasteiger partial charge in [0.15, 0.2) is 0 Å². The molecule has 0 bridgehead atoms. The monoisotopic (exact) mass is 474 g/mol. The Morgan fingerprint density at radius 2 is 1.60 bits per heavy atom. The van der Waals surface area contributed by atoms with Crippen LogP contribution in [0.3, 0.4) is 0 Å². The molecule has 0 spiro atoms. The van der Waals surface area contributed by atoms with Crippen molar-refractivity contribution in [3.63, 3.8) is 0 Å². The molecule has 1 unspecified atom stereocenters. The van der Waals surface area contributed by atoms with Gasteiger partial charge in [-0.15, -0.1) is 0 Å². The molecule has 4 N–H and O–H groups in total. The third-order valence-electron chi connectivity index (χ3n) is 5.98. The number of aromatic carboxylic acids is 1. The molecule has 0 radical (unpaired) electrons. The Kier molecular flexibility index (Phi) is 7.01. The second kappa shape index (κ2) is 10.3. The van der Waals surface area contributed by atoms with E-state index in [0.29, 0.717) is 0 Å². The Labute approximate surface area is 202 Å². The van der Waals surface area contributed by atoms with E-state index in [4.69, 9.17) is 9.84 Å². The topological polar surface area (TPSA) is 125 Å². The summed E-state index contributed by atoms with van der Waals surface area (Å²) in [5, 5.41) is 24.0. The Balaban J connectivity index is 1.24. The molecule has 1 aliphatic carbocycles. The van der Waals surface area contributed by atoms with Gasteiger partial charge < -0.3 is 25.6 Å². The molecule has 0 heterocycles. The number of carboxylic acid groups (broad SMARTS) is 1. The predicted molar refractivity (Wildman–Crippen MR) is 131 cm³/mol. The second-order valence-corrected chi connectivity index (χ2v) is 8.60. The third kappa shape index (κ3) is 5.43. The smallest absolute Gasteiger partial charge is 0.407 e. The highest BCUT2D eigenvalue weighted by molar-refractivity contribution is 5.94. The number of alkyl carbamates (subject to hydrolysis) is 1. The number of hydrogen-bond acceptors (Lipinski definition) is 5. The lowest BCUT2D eigenvalue weighted by Crippen LogP contribution is -2.31. The largest absolute Gasteiger partial charge is 0.507 e. The molecule has 1 aliphatic rings. The van der Waals surface area contributed by atoms with E-state index in [9.17, 15) is 19.5 Å². The van der Waals surface area contributed by atoms with Crippen molar-refractivity contribution in [1.82, 2.24) is 5.32 Å². The third-order valence-corrected chi connectivity index (χ3v) is 5.98. The van der Waals surface area contributed by atoms with Crippen LogP contribution in [0.1, 0.15) is 40.7 Å². The maximum absolute atomic E-state index is 12.3. The number of carbonyl (C=O) groups excluding carboxylic acids is 2. The minimum Gasteiger partial charge on any atom is -0.507 e. The van der Waals surface area contributed by atoms with Crippen LogP contribution in [-0.2, 0) is 9.53 Å². The average molecular weight is 475 g/mol. The van der Waals surface area contributed by atoms with E-state index >= 15 is 0 Å². The number of benzene rings is 3. The normalized spacial score (nSPS) is 12.8. The predicted octanol–water partition coefficient (Wildman–Crippen LogP) is 4.59. The van der Waals surface area contributed by atoms with E-state index in [2.05, 4.69) is 34.9 Å². The fourth-order valence-electron chi connectivity index (χ4n) is 4.30. The minimum atomic E-state index is -1.26. The fraction of sp³-hybridized carbons (Fsp3) is 0.222. The van der Waals surface area contributed by atoms with Crippen LogP contribution in [0.4, 0.5) is 10.5 Å². The van der Waals surface area contributed by atoms with Crippen molar-refractivity contribution in [3.8, 4) is 16.9 Å². The molecule has 1 atom stereocenters. The van der Waals surface area contributed by atoms with E-state index in [1.54, 1.807) is 0 Å². The van der Waals surface area contributed by atoms with Crippen molar-refractivity contribution >= 4 is 23.7 Å². The fourth-order valence-corrected chi connectivity index (χ4v) is 4.30. The molecule has 35 heavy (non-hydrogen) atoms. The average Bonchev–Trinajstić information content (AvgIpc) is 3.15. The number of carboxylic acids is 1. The Hall–Kier alpha value is -4.33. The van der Waals surface area contributed by atoms with E-state index in [0.717, 1.165) is 22.3 Å². The standard InChI is InChI=1S/C27H26N2O6/c1-16(12-25(31)29-17-10-11-22(26(32)33)24(30)13-17)14-28-27(34)35-15-23-20-8-4-2-6-18(20)19-7-3-5-9-21(19)23/h2-11,13,16,23,30H,12,14-15H2,1H3,(H,28,34)(H,29,31)(H,32,33). The van der Waals surface area contributed by atoms with Gasteiger partial charge in [-0.3, -0.25) is 4.79 Å². The molecule has 8 heteroatoms. The van der Waals surface area contributed by atoms with Gasteiger partial charge in [-0.2, -0.15) is 0 Å². The van der Waals surface area contributed by atoms with Gasteiger partial charge in [0.05, 0.1) is 0 Å². The van der Waals surface area contributed by atoms with Crippen LogP contribution in [0.25, 0.3) is 11.1 Å². The summed E-state index contributed by atoms with van der Waals surface area (Å²) in [5.41, 5.74) is 4.62. The lowest BCUT2D eigenvalue weighted by molar-refractivity contribution is -0.116. The number of hydrogen-bond donors (Lipinski definition) is 4. The quantitative estimate of drug-likeness (QED) is 0.378. The molecule has 4 rings (SSSR count). The first kappa shape index (κ1) is 23.8. The summed E-state index contributed by atoms with van der Waals surface area (Å²) in [6.45, 7) is 2.27. The number of phenols is 1. The first-order valence-corrected chi connectivity index (χ1v) is 11.3. The number of anilines is 1. The first-order valence-electron chi connectivity index (χ1n) is 11.3. The van der Waals surface area contributed by atoms with Gasteiger partial charge >= 0.3 is 12.1 Å². The SMILES string of the molecule is CC(CNC(=O)OCC1c2ccccc2-c2ccccc21)CC(=O)Nc1ccc(C(=O)O)c(O)c1. The number of carbonyl (C=O) groups is 3. The second-order valence-electron chi connectivity index (χ2n) is 8.60. The molecule has 0 saturated heterocycles. The number of fused-ring (bicyclic) bond motifs is 3. The van der Waals surface area contributed by atoms with Gasteiger partial charge in [0.2, 0.25) is 5.91 Å². The molecule has 0 fully saturated rings. The summed E-state index contributed by atoms with van der Waals surface area (Å²) in [6.07, 6.45) is -0.432. The van der Waals surface area contributed by atoms with Gasteiger partial charge in [-0.1, -0.05) is 55.5 Å². The number of rotatable bonds is 8. The summed E-state index contributed by atoms with van der Waals surface area (Å²) >= 11 is 0. The Morgan fingerprint density at radius 1 is 0.971 bits per heavy atom. The van der Waals surface area contributed by atoms with Crippen LogP contribution in [0.2, 0.25) is 0 Å². The van der Waals surface area contributed by atoms with Gasteiger partial charge in [0.1, 0.15) is 17.9 Å². The number of ether oxygens (including phenoxy) is 1. The highest BCUT2D eigenvalue weighted by Crippen LogP contribution is 2.44. The molecule has 2 amide bonds. The zero-order valence-electron chi connectivity index (χ0n) is 19.2. The summed E-state index contributed by atoms with van der Waals surface area (Å²) in [6, 6.07) is 20.0. The summed E-state index contributed by atoms with van der Waals surface area (Å²) < 4.78 is 5.51. The molecule has 0 aromatic heterocycles. The molecule has 0 aliphatic heterocycles. The molecule has 8 nitrogen and oxygen atoms in total. The van der Waals surface area contributed by atoms with Crippen LogP contribution in [0.15, 0.2) is 66.7 Å². The lowest BCUT2D eigenvalue weighted by atomic mass is 9.98. The Bertz CT molecular complexity index is 1230.